The lowest BCUT2D eigenvalue weighted by molar-refractivity contribution is 0.101. The molecule has 0 aromatic heterocycles. The van der Waals surface area contributed by atoms with E-state index in [1.54, 1.807) is 0 Å². The molecule has 0 fully saturated rings. The summed E-state index contributed by atoms with van der Waals surface area (Å²) < 4.78 is 4.97. The molecule has 0 spiro atoms. The van der Waals surface area contributed by atoms with Crippen LogP contribution in [-0.2, 0) is 0 Å². The fraction of sp³-hybridized carbons (Fsp3) is 0.200. The maximum Gasteiger partial charge on any atom is 0.163 e. The van der Waals surface area contributed by atoms with Gasteiger partial charge in [0.2, 0.25) is 0 Å². The highest BCUT2D eigenvalue weighted by Gasteiger charge is 2.11. The van der Waals surface area contributed by atoms with Crippen LogP contribution in [0, 0.1) is 0 Å². The van der Waals surface area contributed by atoms with Gasteiger partial charge in [0.25, 0.3) is 0 Å². The molecule has 1 aromatic rings. The molecular weight excluding hydrogens is 204 g/mol. The second-order valence-electron chi connectivity index (χ2n) is 2.75. The zero-order chi connectivity index (χ0) is 10.7. The third kappa shape index (κ3) is 1.93. The highest BCUT2D eigenvalue weighted by molar-refractivity contribution is 6.33. The first-order valence-electron chi connectivity index (χ1n) is 3.93. The third-order valence-corrected chi connectivity index (χ3v) is 2.15. The molecule has 0 amide bonds. The van der Waals surface area contributed by atoms with Crippen LogP contribution in [0.15, 0.2) is 12.1 Å². The van der Waals surface area contributed by atoms with Crippen molar-refractivity contribution in [3.05, 3.63) is 28.3 Å². The van der Waals surface area contributed by atoms with Gasteiger partial charge in [0.05, 0.1) is 17.7 Å². The van der Waals surface area contributed by atoms with Gasteiger partial charge >= 0.3 is 0 Å². The normalized spacial score (nSPS) is 9.64. The van der Waals surface area contributed by atoms with E-state index < -0.39 is 0 Å². The Kier molecular flexibility index (Phi) is 3.25. The number of carbonyl (C=O) groups excluding carboxylic acids is 2. The van der Waals surface area contributed by atoms with Crippen LogP contribution in [0.2, 0.25) is 5.02 Å². The van der Waals surface area contributed by atoms with Crippen molar-refractivity contribution in [2.45, 2.75) is 6.92 Å². The van der Waals surface area contributed by atoms with Gasteiger partial charge in [0.15, 0.2) is 12.1 Å². The Morgan fingerprint density at radius 3 is 2.57 bits per heavy atom. The molecule has 14 heavy (non-hydrogen) atoms. The molecule has 1 rings (SSSR count). The Balaban J connectivity index is 3.38. The summed E-state index contributed by atoms with van der Waals surface area (Å²) in [5.41, 5.74) is 0.691. The van der Waals surface area contributed by atoms with Crippen LogP contribution in [0.1, 0.15) is 27.6 Å². The Labute approximate surface area is 86.6 Å². The van der Waals surface area contributed by atoms with Crippen molar-refractivity contribution in [1.29, 1.82) is 0 Å². The van der Waals surface area contributed by atoms with Crippen LogP contribution >= 0.6 is 11.6 Å². The van der Waals surface area contributed by atoms with E-state index in [0.29, 0.717) is 23.2 Å². The molecule has 0 aliphatic rings. The molecule has 0 saturated heterocycles. The van der Waals surface area contributed by atoms with Gasteiger partial charge in [-0.25, -0.2) is 0 Å². The van der Waals surface area contributed by atoms with Crippen molar-refractivity contribution in [3.8, 4) is 5.75 Å². The number of ketones is 1. The van der Waals surface area contributed by atoms with E-state index in [9.17, 15) is 9.59 Å². The minimum atomic E-state index is -0.152. The highest BCUT2D eigenvalue weighted by atomic mass is 35.5. The van der Waals surface area contributed by atoms with Gasteiger partial charge in [-0.15, -0.1) is 0 Å². The molecule has 74 valence electrons. The quantitative estimate of drug-likeness (QED) is 0.571. The average Bonchev–Trinajstić information content (AvgIpc) is 2.17. The molecular formula is C10H9ClO3. The summed E-state index contributed by atoms with van der Waals surface area (Å²) in [6.45, 7) is 1.41. The summed E-state index contributed by atoms with van der Waals surface area (Å²) in [6.07, 6.45) is 0.620. The molecule has 0 unspecified atom stereocenters. The Bertz CT molecular complexity index is 385. The minimum Gasteiger partial charge on any atom is -0.496 e. The maximum absolute atomic E-state index is 11.1. The van der Waals surface area contributed by atoms with Crippen molar-refractivity contribution in [3.63, 3.8) is 0 Å². The number of ether oxygens (including phenoxy) is 1. The molecule has 1 aromatic carbocycles. The van der Waals surface area contributed by atoms with Crippen molar-refractivity contribution >= 4 is 23.7 Å². The predicted octanol–water partition coefficient (Wildman–Crippen LogP) is 2.36. The first-order valence-corrected chi connectivity index (χ1v) is 4.31. The third-order valence-electron chi connectivity index (χ3n) is 1.83. The van der Waals surface area contributed by atoms with Gasteiger partial charge < -0.3 is 4.74 Å². The summed E-state index contributed by atoms with van der Waals surface area (Å²) in [5.74, 6) is 0.213. The molecule has 0 heterocycles. The van der Waals surface area contributed by atoms with Crippen molar-refractivity contribution in [2.75, 3.05) is 7.11 Å². The summed E-state index contributed by atoms with van der Waals surface area (Å²) >= 11 is 5.76. The average molecular weight is 213 g/mol. The number of halogens is 1. The zero-order valence-corrected chi connectivity index (χ0v) is 8.59. The van der Waals surface area contributed by atoms with Crippen LogP contribution in [-0.4, -0.2) is 19.2 Å². The highest BCUT2D eigenvalue weighted by Crippen LogP contribution is 2.26. The van der Waals surface area contributed by atoms with E-state index in [2.05, 4.69) is 0 Å². The van der Waals surface area contributed by atoms with Gasteiger partial charge in [-0.05, 0) is 19.1 Å². The Morgan fingerprint density at radius 1 is 1.50 bits per heavy atom. The molecule has 4 heteroatoms. The number of hydrogen-bond acceptors (Lipinski definition) is 3. The first kappa shape index (κ1) is 10.7. The van der Waals surface area contributed by atoms with Crippen molar-refractivity contribution in [2.24, 2.45) is 0 Å². The summed E-state index contributed by atoms with van der Waals surface area (Å²) in [4.78, 5) is 21.7. The van der Waals surface area contributed by atoms with E-state index in [4.69, 9.17) is 16.3 Å². The molecule has 0 aliphatic heterocycles. The SMILES string of the molecule is COc1cc(C=O)c(Cl)cc1C(C)=O. The largest absolute Gasteiger partial charge is 0.496 e. The van der Waals surface area contributed by atoms with Crippen molar-refractivity contribution < 1.29 is 14.3 Å². The molecule has 3 nitrogen and oxygen atoms in total. The van der Waals surface area contributed by atoms with E-state index in [1.807, 2.05) is 0 Å². The number of methoxy groups -OCH3 is 1. The maximum atomic E-state index is 11.1. The van der Waals surface area contributed by atoms with Gasteiger partial charge in [0, 0.05) is 5.56 Å². The monoisotopic (exact) mass is 212 g/mol. The number of benzene rings is 1. The van der Waals surface area contributed by atoms with Crippen molar-refractivity contribution in [1.82, 2.24) is 0 Å². The molecule has 0 atom stereocenters. The molecule has 0 aliphatic carbocycles. The predicted molar refractivity (Wildman–Crippen MR) is 53.4 cm³/mol. The lowest BCUT2D eigenvalue weighted by Gasteiger charge is -2.07. The van der Waals surface area contributed by atoms with E-state index in [-0.39, 0.29) is 10.8 Å². The topological polar surface area (TPSA) is 43.4 Å². The van der Waals surface area contributed by atoms with Crippen LogP contribution < -0.4 is 4.74 Å². The number of Topliss-reactive ketones (excluding diaryl/α,β-unsaturated/α-hetero) is 1. The second kappa shape index (κ2) is 4.24. The van der Waals surface area contributed by atoms with Crippen LogP contribution in [0.25, 0.3) is 0 Å². The Hall–Kier alpha value is -1.35. The van der Waals surface area contributed by atoms with Gasteiger partial charge in [0.1, 0.15) is 5.75 Å². The lowest BCUT2D eigenvalue weighted by atomic mass is 10.1. The molecule has 0 radical (unpaired) electrons. The fourth-order valence-corrected chi connectivity index (χ4v) is 1.31. The Morgan fingerprint density at radius 2 is 2.14 bits per heavy atom. The van der Waals surface area contributed by atoms with Crippen LogP contribution in [0.4, 0.5) is 0 Å². The number of rotatable bonds is 3. The second-order valence-corrected chi connectivity index (χ2v) is 3.16. The van der Waals surface area contributed by atoms with E-state index in [0.717, 1.165) is 0 Å². The van der Waals surface area contributed by atoms with E-state index in [1.165, 1.54) is 26.2 Å². The number of hydrogen-bond donors (Lipinski definition) is 0. The first-order chi connectivity index (χ1) is 6.60. The van der Waals surface area contributed by atoms with Gasteiger partial charge in [-0.1, -0.05) is 11.6 Å². The number of aldehydes is 1. The number of carbonyl (C=O) groups is 2. The molecule has 0 bridgehead atoms. The lowest BCUT2D eigenvalue weighted by Crippen LogP contribution is -1.99. The standard InChI is InChI=1S/C10H9ClO3/c1-6(13)8-4-9(11)7(5-12)3-10(8)14-2/h3-5H,1-2H3. The van der Waals surface area contributed by atoms with Crippen LogP contribution in [0.5, 0.6) is 5.75 Å². The smallest absolute Gasteiger partial charge is 0.163 e. The van der Waals surface area contributed by atoms with Gasteiger partial charge in [-0.2, -0.15) is 0 Å². The minimum absolute atomic E-state index is 0.152. The van der Waals surface area contributed by atoms with Crippen LogP contribution in [0.3, 0.4) is 0 Å². The van der Waals surface area contributed by atoms with Gasteiger partial charge in [-0.3, -0.25) is 9.59 Å². The summed E-state index contributed by atoms with van der Waals surface area (Å²) in [7, 11) is 1.43. The molecule has 0 saturated carbocycles. The summed E-state index contributed by atoms with van der Waals surface area (Å²) in [5, 5.41) is 0.256. The summed E-state index contributed by atoms with van der Waals surface area (Å²) in [6, 6.07) is 2.89. The molecule has 0 N–H and O–H groups in total. The zero-order valence-electron chi connectivity index (χ0n) is 7.83. The fourth-order valence-electron chi connectivity index (χ4n) is 1.10. The van der Waals surface area contributed by atoms with E-state index >= 15 is 0 Å².